The van der Waals surface area contributed by atoms with E-state index in [-0.39, 0.29) is 0 Å². The van der Waals surface area contributed by atoms with Crippen LogP contribution in [0.1, 0.15) is 26.2 Å². The molecule has 0 amide bonds. The molecule has 0 radical (unpaired) electrons. The monoisotopic (exact) mass is 183 g/mol. The van der Waals surface area contributed by atoms with Gasteiger partial charge in [0.05, 0.1) is 0 Å². The van der Waals surface area contributed by atoms with Crippen molar-refractivity contribution in [3.05, 3.63) is 12.3 Å². The molecule has 1 saturated heterocycles. The average Bonchev–Trinajstić information content (AvgIpc) is 2.15. The van der Waals surface area contributed by atoms with Crippen molar-refractivity contribution in [3.63, 3.8) is 0 Å². The molecule has 1 aliphatic heterocycles. The molecule has 3 heteroatoms. The van der Waals surface area contributed by atoms with Crippen LogP contribution in [0.5, 0.6) is 0 Å². The van der Waals surface area contributed by atoms with E-state index >= 15 is 0 Å². The van der Waals surface area contributed by atoms with Crippen LogP contribution in [0.4, 0.5) is 0 Å². The molecule has 0 bridgehead atoms. The molecule has 1 rings (SSSR count). The fourth-order valence-corrected chi connectivity index (χ4v) is 1.74. The van der Waals surface area contributed by atoms with Crippen LogP contribution in [-0.4, -0.2) is 29.1 Å². The van der Waals surface area contributed by atoms with E-state index in [0.29, 0.717) is 0 Å². The second-order valence-corrected chi connectivity index (χ2v) is 3.57. The molecule has 0 saturated carbocycles. The van der Waals surface area contributed by atoms with Gasteiger partial charge in [0.2, 0.25) is 0 Å². The Labute approximate surface area is 79.0 Å². The normalized spacial score (nSPS) is 23.8. The Hall–Kier alpha value is -0.990. The van der Waals surface area contributed by atoms with Gasteiger partial charge in [-0.2, -0.15) is 0 Å². The number of hydrogen-bond acceptors (Lipinski definition) is 2. The summed E-state index contributed by atoms with van der Waals surface area (Å²) < 4.78 is 0. The van der Waals surface area contributed by atoms with Crippen LogP contribution < -0.4 is 0 Å². The molecule has 0 aromatic heterocycles. The largest absolute Gasteiger partial charge is 0.478 e. The molecule has 3 nitrogen and oxygen atoms in total. The first-order valence-electron chi connectivity index (χ1n) is 4.87. The molecule has 0 spiro atoms. The molecule has 1 heterocycles. The van der Waals surface area contributed by atoms with Crippen LogP contribution in [-0.2, 0) is 4.79 Å². The quantitative estimate of drug-likeness (QED) is 0.677. The van der Waals surface area contributed by atoms with Crippen molar-refractivity contribution in [1.82, 2.24) is 4.90 Å². The van der Waals surface area contributed by atoms with E-state index in [1.165, 1.54) is 25.3 Å². The second kappa shape index (κ2) is 4.90. The zero-order chi connectivity index (χ0) is 9.68. The highest BCUT2D eigenvalue weighted by Crippen LogP contribution is 2.18. The number of nitrogens with zero attached hydrogens (tertiary/aromatic N) is 1. The summed E-state index contributed by atoms with van der Waals surface area (Å²) in [5.74, 6) is -0.120. The van der Waals surface area contributed by atoms with Gasteiger partial charge in [0.1, 0.15) is 0 Å². The Morgan fingerprint density at radius 1 is 1.69 bits per heavy atom. The maximum Gasteiger partial charge on any atom is 0.329 e. The fraction of sp³-hybridized carbons (Fsp3) is 0.700. The van der Waals surface area contributed by atoms with E-state index in [1.807, 2.05) is 0 Å². The Morgan fingerprint density at radius 2 is 2.46 bits per heavy atom. The number of carboxylic acids is 1. The molecule has 1 atom stereocenters. The third-order valence-corrected chi connectivity index (χ3v) is 2.56. The van der Waals surface area contributed by atoms with Crippen molar-refractivity contribution in [3.8, 4) is 0 Å². The Balaban J connectivity index is 2.38. The molecule has 0 aromatic rings. The molecule has 1 N–H and O–H groups in total. The SMILES string of the molecule is CCC1CCCN(C=CC(=O)O)C1. The van der Waals surface area contributed by atoms with E-state index in [1.54, 1.807) is 6.20 Å². The lowest BCUT2D eigenvalue weighted by Crippen LogP contribution is -2.31. The lowest BCUT2D eigenvalue weighted by Gasteiger charge is -2.31. The van der Waals surface area contributed by atoms with Crippen LogP contribution in [0.15, 0.2) is 12.3 Å². The number of hydrogen-bond donors (Lipinski definition) is 1. The minimum atomic E-state index is -0.862. The first-order valence-corrected chi connectivity index (χ1v) is 4.87. The van der Waals surface area contributed by atoms with Gasteiger partial charge in [0.15, 0.2) is 0 Å². The lowest BCUT2D eigenvalue weighted by atomic mass is 9.96. The van der Waals surface area contributed by atoms with E-state index in [9.17, 15) is 4.79 Å². The van der Waals surface area contributed by atoms with E-state index in [4.69, 9.17) is 5.11 Å². The highest BCUT2D eigenvalue weighted by molar-refractivity contribution is 5.79. The number of piperidine rings is 1. The molecular weight excluding hydrogens is 166 g/mol. The smallest absolute Gasteiger partial charge is 0.329 e. The van der Waals surface area contributed by atoms with E-state index in [0.717, 1.165) is 19.0 Å². The van der Waals surface area contributed by atoms with Crippen LogP contribution >= 0.6 is 0 Å². The molecule has 1 fully saturated rings. The van der Waals surface area contributed by atoms with Gasteiger partial charge < -0.3 is 10.0 Å². The molecule has 1 unspecified atom stereocenters. The molecule has 74 valence electrons. The highest BCUT2D eigenvalue weighted by Gasteiger charge is 2.15. The first kappa shape index (κ1) is 10.1. The van der Waals surface area contributed by atoms with Crippen LogP contribution in [0, 0.1) is 5.92 Å². The van der Waals surface area contributed by atoms with Gasteiger partial charge in [-0.3, -0.25) is 0 Å². The van der Waals surface area contributed by atoms with Crippen molar-refractivity contribution in [2.75, 3.05) is 13.1 Å². The molecule has 0 aromatic carbocycles. The first-order chi connectivity index (χ1) is 6.22. The maximum absolute atomic E-state index is 10.3. The van der Waals surface area contributed by atoms with Crippen LogP contribution in [0.25, 0.3) is 0 Å². The summed E-state index contributed by atoms with van der Waals surface area (Å²) in [6, 6.07) is 0. The second-order valence-electron chi connectivity index (χ2n) is 3.57. The summed E-state index contributed by atoms with van der Waals surface area (Å²) in [5, 5.41) is 8.45. The summed E-state index contributed by atoms with van der Waals surface area (Å²) in [4.78, 5) is 12.4. The van der Waals surface area contributed by atoms with Crippen molar-refractivity contribution in [2.24, 2.45) is 5.92 Å². The van der Waals surface area contributed by atoms with E-state index in [2.05, 4.69) is 11.8 Å². The van der Waals surface area contributed by atoms with Gasteiger partial charge in [-0.1, -0.05) is 13.3 Å². The van der Waals surface area contributed by atoms with E-state index < -0.39 is 5.97 Å². The summed E-state index contributed by atoms with van der Waals surface area (Å²) in [6.45, 7) is 4.20. The lowest BCUT2D eigenvalue weighted by molar-refractivity contribution is -0.131. The summed E-state index contributed by atoms with van der Waals surface area (Å²) in [5.41, 5.74) is 0. The Bertz CT molecular complexity index is 201. The Kier molecular flexibility index (Phi) is 3.80. The van der Waals surface area contributed by atoms with Gasteiger partial charge >= 0.3 is 5.97 Å². The number of likely N-dealkylation sites (tertiary alicyclic amines) is 1. The minimum absolute atomic E-state index is 0.743. The predicted octanol–water partition coefficient (Wildman–Crippen LogP) is 1.71. The zero-order valence-electron chi connectivity index (χ0n) is 8.07. The predicted molar refractivity (Wildman–Crippen MR) is 51.4 cm³/mol. The Morgan fingerprint density at radius 3 is 3.08 bits per heavy atom. The number of aliphatic carboxylic acids is 1. The summed E-state index contributed by atoms with van der Waals surface area (Å²) in [7, 11) is 0. The minimum Gasteiger partial charge on any atom is -0.478 e. The van der Waals surface area contributed by atoms with Gasteiger partial charge in [-0.05, 0) is 18.8 Å². The van der Waals surface area contributed by atoms with Crippen LogP contribution in [0.3, 0.4) is 0 Å². The summed E-state index contributed by atoms with van der Waals surface area (Å²) in [6.07, 6.45) is 6.58. The van der Waals surface area contributed by atoms with Crippen molar-refractivity contribution < 1.29 is 9.90 Å². The third-order valence-electron chi connectivity index (χ3n) is 2.56. The van der Waals surface area contributed by atoms with Gasteiger partial charge in [0.25, 0.3) is 0 Å². The average molecular weight is 183 g/mol. The van der Waals surface area contributed by atoms with Crippen molar-refractivity contribution >= 4 is 5.97 Å². The fourth-order valence-electron chi connectivity index (χ4n) is 1.74. The standard InChI is InChI=1S/C10H17NO2/c1-2-9-4-3-6-11(8-9)7-5-10(12)13/h5,7,9H,2-4,6,8H2,1H3,(H,12,13). The van der Waals surface area contributed by atoms with Gasteiger partial charge in [-0.15, -0.1) is 0 Å². The van der Waals surface area contributed by atoms with Gasteiger partial charge in [-0.25, -0.2) is 4.79 Å². The number of carbonyl (C=O) groups is 1. The molecule has 13 heavy (non-hydrogen) atoms. The van der Waals surface area contributed by atoms with Crippen molar-refractivity contribution in [2.45, 2.75) is 26.2 Å². The molecular formula is C10H17NO2. The van der Waals surface area contributed by atoms with Crippen LogP contribution in [0.2, 0.25) is 0 Å². The third kappa shape index (κ3) is 3.49. The highest BCUT2D eigenvalue weighted by atomic mass is 16.4. The number of rotatable bonds is 3. The topological polar surface area (TPSA) is 40.5 Å². The zero-order valence-corrected chi connectivity index (χ0v) is 8.07. The van der Waals surface area contributed by atoms with Crippen molar-refractivity contribution in [1.29, 1.82) is 0 Å². The summed E-state index contributed by atoms with van der Waals surface area (Å²) >= 11 is 0. The van der Waals surface area contributed by atoms with Gasteiger partial charge in [0, 0.05) is 25.4 Å². The molecule has 0 aliphatic carbocycles. The number of carboxylic acid groups (broad SMARTS) is 1. The maximum atomic E-state index is 10.3. The molecule has 1 aliphatic rings.